The minimum Gasteiger partial charge on any atom is -0.444 e. The fourth-order valence-electron chi connectivity index (χ4n) is 1.71. The minimum absolute atomic E-state index is 0.0458. The molecule has 1 heterocycles. The van der Waals surface area contributed by atoms with Gasteiger partial charge in [-0.15, -0.1) is 0 Å². The molecule has 114 valence electrons. The van der Waals surface area contributed by atoms with E-state index in [0.717, 1.165) is 0 Å². The summed E-state index contributed by atoms with van der Waals surface area (Å²) in [5, 5.41) is 3.28. The van der Waals surface area contributed by atoms with E-state index in [9.17, 15) is 8.78 Å². The smallest absolute Gasteiger partial charge is 0.387 e. The third-order valence-electron chi connectivity index (χ3n) is 2.69. The first-order chi connectivity index (χ1) is 9.85. The number of oxazole rings is 1. The maximum atomic E-state index is 12.4. The Labute approximate surface area is 122 Å². The number of hydrogen-bond donors (Lipinski definition) is 1. The van der Waals surface area contributed by atoms with E-state index in [0.29, 0.717) is 17.8 Å². The third kappa shape index (κ3) is 4.53. The number of ether oxygens (including phenoxy) is 1. The second-order valence-corrected chi connectivity index (χ2v) is 5.62. The third-order valence-corrected chi connectivity index (χ3v) is 2.69. The Balaban J connectivity index is 2.18. The summed E-state index contributed by atoms with van der Waals surface area (Å²) in [6.07, 6.45) is 1.51. The zero-order valence-electron chi connectivity index (χ0n) is 12.2. The number of nitrogens with one attached hydrogen (secondary N) is 1. The molecule has 6 heteroatoms. The van der Waals surface area contributed by atoms with Crippen LogP contribution in [0.2, 0.25) is 0 Å². The Kier molecular flexibility index (Phi) is 4.57. The van der Waals surface area contributed by atoms with Crippen molar-refractivity contribution < 1.29 is 17.9 Å². The molecular formula is C15H18F2N2O2. The first-order valence-corrected chi connectivity index (χ1v) is 6.59. The van der Waals surface area contributed by atoms with Crippen molar-refractivity contribution >= 4 is 0 Å². The van der Waals surface area contributed by atoms with Gasteiger partial charge in [-0.05, 0) is 32.9 Å². The fourth-order valence-corrected chi connectivity index (χ4v) is 1.71. The summed E-state index contributed by atoms with van der Waals surface area (Å²) in [6.45, 7) is 3.77. The van der Waals surface area contributed by atoms with Gasteiger partial charge in [-0.2, -0.15) is 8.78 Å². The normalized spacial score (nSPS) is 11.9. The van der Waals surface area contributed by atoms with Gasteiger partial charge in [0.1, 0.15) is 12.0 Å². The molecule has 0 saturated carbocycles. The van der Waals surface area contributed by atoms with Gasteiger partial charge in [-0.1, -0.05) is 12.1 Å². The first kappa shape index (κ1) is 15.4. The number of para-hydroxylation sites is 1. The number of hydrogen-bond acceptors (Lipinski definition) is 4. The average Bonchev–Trinajstić information content (AvgIpc) is 2.84. The predicted molar refractivity (Wildman–Crippen MR) is 75.2 cm³/mol. The Hall–Kier alpha value is -1.95. The summed E-state index contributed by atoms with van der Waals surface area (Å²) in [5.41, 5.74) is 1.06. The van der Waals surface area contributed by atoms with Crippen LogP contribution in [-0.4, -0.2) is 17.1 Å². The average molecular weight is 296 g/mol. The number of rotatable bonds is 5. The van der Waals surface area contributed by atoms with Crippen LogP contribution in [0.5, 0.6) is 5.75 Å². The molecule has 1 aromatic heterocycles. The summed E-state index contributed by atoms with van der Waals surface area (Å²) in [6, 6.07) is 6.42. The lowest BCUT2D eigenvalue weighted by molar-refractivity contribution is -0.0495. The molecule has 0 atom stereocenters. The van der Waals surface area contributed by atoms with Crippen molar-refractivity contribution in [3.05, 3.63) is 36.2 Å². The van der Waals surface area contributed by atoms with E-state index < -0.39 is 6.61 Å². The number of halogens is 2. The van der Waals surface area contributed by atoms with Crippen LogP contribution in [0, 0.1) is 0 Å². The van der Waals surface area contributed by atoms with Crippen molar-refractivity contribution in [2.45, 2.75) is 39.5 Å². The monoisotopic (exact) mass is 296 g/mol. The quantitative estimate of drug-likeness (QED) is 0.911. The van der Waals surface area contributed by atoms with Crippen molar-refractivity contribution in [1.29, 1.82) is 0 Å². The van der Waals surface area contributed by atoms with Crippen molar-refractivity contribution in [2.75, 3.05) is 0 Å². The molecule has 0 aliphatic heterocycles. The highest BCUT2D eigenvalue weighted by Gasteiger charge is 2.16. The van der Waals surface area contributed by atoms with Gasteiger partial charge in [0.2, 0.25) is 5.89 Å². The zero-order chi connectivity index (χ0) is 15.5. The Morgan fingerprint density at radius 2 is 2.00 bits per heavy atom. The molecule has 0 amide bonds. The predicted octanol–water partition coefficient (Wildman–Crippen LogP) is 3.83. The molecule has 1 aromatic carbocycles. The molecule has 0 aliphatic carbocycles. The molecule has 0 unspecified atom stereocenters. The first-order valence-electron chi connectivity index (χ1n) is 6.59. The van der Waals surface area contributed by atoms with Crippen LogP contribution in [-0.2, 0) is 6.54 Å². The Morgan fingerprint density at radius 3 is 2.67 bits per heavy atom. The van der Waals surface area contributed by atoms with Gasteiger partial charge in [0.15, 0.2) is 0 Å². The Bertz CT molecular complexity index is 591. The number of nitrogens with zero attached hydrogens (tertiary/aromatic N) is 1. The molecule has 4 nitrogen and oxygen atoms in total. The van der Waals surface area contributed by atoms with Gasteiger partial charge in [0, 0.05) is 12.1 Å². The highest BCUT2D eigenvalue weighted by Crippen LogP contribution is 2.30. The fraction of sp³-hybridized carbons (Fsp3) is 0.400. The second-order valence-electron chi connectivity index (χ2n) is 5.62. The van der Waals surface area contributed by atoms with Crippen molar-refractivity contribution in [3.8, 4) is 17.2 Å². The number of aromatic nitrogens is 1. The molecular weight excluding hydrogens is 278 g/mol. The standard InChI is InChI=1S/C15H18F2N2O2/c1-15(2,3)18-8-10-9-20-13(19-10)11-6-4-5-7-12(11)21-14(16)17/h4-7,9,14,18H,8H2,1-3H3. The molecule has 2 rings (SSSR count). The number of alkyl halides is 2. The van der Waals surface area contributed by atoms with Crippen molar-refractivity contribution in [2.24, 2.45) is 0 Å². The molecule has 0 radical (unpaired) electrons. The summed E-state index contributed by atoms with van der Waals surface area (Å²) in [7, 11) is 0. The lowest BCUT2D eigenvalue weighted by Gasteiger charge is -2.19. The molecule has 0 bridgehead atoms. The van der Waals surface area contributed by atoms with Gasteiger partial charge in [0.05, 0.1) is 11.3 Å². The maximum absolute atomic E-state index is 12.4. The van der Waals surface area contributed by atoms with E-state index in [-0.39, 0.29) is 17.2 Å². The molecule has 0 spiro atoms. The second kappa shape index (κ2) is 6.22. The minimum atomic E-state index is -2.89. The molecule has 0 aliphatic rings. The van der Waals surface area contributed by atoms with E-state index in [1.807, 2.05) is 20.8 Å². The topological polar surface area (TPSA) is 47.3 Å². The lowest BCUT2D eigenvalue weighted by atomic mass is 10.1. The van der Waals surface area contributed by atoms with Gasteiger partial charge in [-0.25, -0.2) is 4.98 Å². The molecule has 2 aromatic rings. The maximum Gasteiger partial charge on any atom is 0.387 e. The summed E-state index contributed by atoms with van der Waals surface area (Å²) in [5.74, 6) is 0.307. The van der Waals surface area contributed by atoms with Crippen LogP contribution in [0.1, 0.15) is 26.5 Å². The molecule has 0 fully saturated rings. The van der Waals surface area contributed by atoms with Crippen molar-refractivity contribution in [1.82, 2.24) is 10.3 Å². The molecule has 21 heavy (non-hydrogen) atoms. The van der Waals surface area contributed by atoms with E-state index >= 15 is 0 Å². The SMILES string of the molecule is CC(C)(C)NCc1coc(-c2ccccc2OC(F)F)n1. The van der Waals surface area contributed by atoms with Crippen LogP contribution in [0.4, 0.5) is 8.78 Å². The summed E-state index contributed by atoms with van der Waals surface area (Å²) < 4.78 is 34.6. The van der Waals surface area contributed by atoms with Gasteiger partial charge in [-0.3, -0.25) is 0 Å². The van der Waals surface area contributed by atoms with Crippen LogP contribution in [0.25, 0.3) is 11.5 Å². The summed E-state index contributed by atoms with van der Waals surface area (Å²) >= 11 is 0. The van der Waals surface area contributed by atoms with Gasteiger partial charge in [0.25, 0.3) is 0 Å². The van der Waals surface area contributed by atoms with Crippen LogP contribution in [0.3, 0.4) is 0 Å². The molecule has 0 saturated heterocycles. The largest absolute Gasteiger partial charge is 0.444 e. The van der Waals surface area contributed by atoms with E-state index in [1.165, 1.54) is 12.3 Å². The van der Waals surface area contributed by atoms with Crippen LogP contribution >= 0.6 is 0 Å². The van der Waals surface area contributed by atoms with Gasteiger partial charge < -0.3 is 14.5 Å². The van der Waals surface area contributed by atoms with Crippen LogP contribution < -0.4 is 10.1 Å². The lowest BCUT2D eigenvalue weighted by Crippen LogP contribution is -2.35. The van der Waals surface area contributed by atoms with Crippen molar-refractivity contribution in [3.63, 3.8) is 0 Å². The number of benzene rings is 1. The van der Waals surface area contributed by atoms with E-state index in [4.69, 9.17) is 4.42 Å². The Morgan fingerprint density at radius 1 is 1.29 bits per heavy atom. The zero-order valence-corrected chi connectivity index (χ0v) is 12.2. The van der Waals surface area contributed by atoms with Crippen LogP contribution in [0.15, 0.2) is 34.9 Å². The molecule has 1 N–H and O–H groups in total. The van der Waals surface area contributed by atoms with E-state index in [2.05, 4.69) is 15.0 Å². The van der Waals surface area contributed by atoms with Gasteiger partial charge >= 0.3 is 6.61 Å². The van der Waals surface area contributed by atoms with E-state index in [1.54, 1.807) is 18.2 Å². The summed E-state index contributed by atoms with van der Waals surface area (Å²) in [4.78, 5) is 4.30. The highest BCUT2D eigenvalue weighted by atomic mass is 19.3. The highest BCUT2D eigenvalue weighted by molar-refractivity contribution is 5.62.